The van der Waals surface area contributed by atoms with Gasteiger partial charge in [-0.05, 0) is 43.7 Å². The van der Waals surface area contributed by atoms with E-state index in [-0.39, 0.29) is 24.0 Å². The van der Waals surface area contributed by atoms with E-state index in [0.29, 0.717) is 25.0 Å². The number of likely N-dealkylation sites (tertiary alicyclic amines) is 1. The number of ether oxygens (including phenoxy) is 1. The molecule has 1 unspecified atom stereocenters. The Morgan fingerprint density at radius 2 is 2.18 bits per heavy atom. The van der Waals surface area contributed by atoms with Crippen molar-refractivity contribution in [2.45, 2.75) is 33.1 Å². The normalized spacial score (nSPS) is 18.7. The monoisotopic (exact) mass is 417 g/mol. The van der Waals surface area contributed by atoms with Gasteiger partial charge in [-0.3, -0.25) is 4.99 Å². The molecule has 2 N–H and O–H groups in total. The predicted octanol–water partition coefficient (Wildman–Crippen LogP) is 3.29. The first-order valence-corrected chi connectivity index (χ1v) is 7.96. The Balaban J connectivity index is 0.00000242. The summed E-state index contributed by atoms with van der Waals surface area (Å²) < 4.78 is 5.63. The molecule has 1 aliphatic heterocycles. The molecule has 0 radical (unpaired) electrons. The van der Waals surface area contributed by atoms with Gasteiger partial charge in [0.25, 0.3) is 0 Å². The highest BCUT2D eigenvalue weighted by Crippen LogP contribution is 2.19. The van der Waals surface area contributed by atoms with E-state index in [0.717, 1.165) is 25.3 Å². The maximum absolute atomic E-state index is 6.12. The molecular weight excluding hydrogens is 389 g/mol. The van der Waals surface area contributed by atoms with Crippen LogP contribution in [-0.4, -0.2) is 37.1 Å². The number of hydrogen-bond acceptors (Lipinski definition) is 2. The second kappa shape index (κ2) is 9.92. The number of piperidine rings is 1. The van der Waals surface area contributed by atoms with E-state index in [4.69, 9.17) is 10.5 Å². The fourth-order valence-corrected chi connectivity index (χ4v) is 2.80. The minimum atomic E-state index is 0. The minimum absolute atomic E-state index is 0. The number of nitrogens with zero attached hydrogens (tertiary/aromatic N) is 2. The molecule has 0 spiro atoms. The van der Waals surface area contributed by atoms with E-state index >= 15 is 0 Å². The van der Waals surface area contributed by atoms with Gasteiger partial charge >= 0.3 is 0 Å². The van der Waals surface area contributed by atoms with Crippen LogP contribution >= 0.6 is 24.0 Å². The van der Waals surface area contributed by atoms with Crippen molar-refractivity contribution in [2.24, 2.45) is 16.6 Å². The van der Waals surface area contributed by atoms with Crippen molar-refractivity contribution in [3.63, 3.8) is 0 Å². The number of rotatable bonds is 5. The molecular formula is C17H28IN3O. The van der Waals surface area contributed by atoms with Crippen LogP contribution in [0.25, 0.3) is 0 Å². The fourth-order valence-electron chi connectivity index (χ4n) is 2.80. The summed E-state index contributed by atoms with van der Waals surface area (Å²) in [5, 5.41) is 0. The highest BCUT2D eigenvalue weighted by atomic mass is 127. The van der Waals surface area contributed by atoms with Crippen LogP contribution in [0.15, 0.2) is 29.3 Å². The summed E-state index contributed by atoms with van der Waals surface area (Å²) in [6.07, 6.45) is 3.37. The molecule has 0 amide bonds. The quantitative estimate of drug-likeness (QED) is 0.455. The minimum Gasteiger partial charge on any atom is -0.494 e. The molecule has 0 aromatic heterocycles. The Kier molecular flexibility index (Phi) is 8.60. The number of guanidine groups is 1. The van der Waals surface area contributed by atoms with Gasteiger partial charge in [-0.2, -0.15) is 0 Å². The number of halogens is 1. The molecule has 1 aromatic carbocycles. The standard InChI is InChI=1S/C17H27N3O.HI/c1-3-21-16-9-5-4-8-15(16)10-11-19-17(18)20-12-6-7-14(2)13-20;/h4-5,8-9,14H,3,6-7,10-13H2,1-2H3,(H2,18,19);1H. The molecule has 1 atom stereocenters. The Morgan fingerprint density at radius 1 is 1.41 bits per heavy atom. The van der Waals surface area contributed by atoms with Gasteiger partial charge in [0.15, 0.2) is 5.96 Å². The Hall–Kier alpha value is -0.980. The van der Waals surface area contributed by atoms with Crippen LogP contribution in [0.5, 0.6) is 5.75 Å². The smallest absolute Gasteiger partial charge is 0.191 e. The second-order valence-corrected chi connectivity index (χ2v) is 5.72. The SMILES string of the molecule is CCOc1ccccc1CCN=C(N)N1CCCC(C)C1.I. The second-order valence-electron chi connectivity index (χ2n) is 5.72. The van der Waals surface area contributed by atoms with Crippen molar-refractivity contribution in [1.29, 1.82) is 0 Å². The maximum atomic E-state index is 6.12. The Bertz CT molecular complexity index is 479. The first kappa shape index (κ1) is 19.1. The lowest BCUT2D eigenvalue weighted by Crippen LogP contribution is -2.43. The molecule has 124 valence electrons. The number of aliphatic imine (C=N–C) groups is 1. The van der Waals surface area contributed by atoms with Gasteiger partial charge in [0.05, 0.1) is 6.61 Å². The van der Waals surface area contributed by atoms with E-state index in [2.05, 4.69) is 22.9 Å². The average molecular weight is 417 g/mol. The van der Waals surface area contributed by atoms with E-state index in [1.54, 1.807) is 0 Å². The molecule has 0 bridgehead atoms. The van der Waals surface area contributed by atoms with Gasteiger partial charge in [-0.15, -0.1) is 24.0 Å². The van der Waals surface area contributed by atoms with Crippen LogP contribution in [0.1, 0.15) is 32.3 Å². The molecule has 4 nitrogen and oxygen atoms in total. The van der Waals surface area contributed by atoms with Crippen LogP contribution < -0.4 is 10.5 Å². The number of benzene rings is 1. The lowest BCUT2D eigenvalue weighted by atomic mass is 10.0. The number of hydrogen-bond donors (Lipinski definition) is 1. The van der Waals surface area contributed by atoms with Crippen molar-refractivity contribution in [3.8, 4) is 5.75 Å². The topological polar surface area (TPSA) is 50.9 Å². The molecule has 1 saturated heterocycles. The van der Waals surface area contributed by atoms with E-state index < -0.39 is 0 Å². The van der Waals surface area contributed by atoms with Crippen LogP contribution in [0.3, 0.4) is 0 Å². The fraction of sp³-hybridized carbons (Fsp3) is 0.588. The van der Waals surface area contributed by atoms with E-state index in [1.165, 1.54) is 18.4 Å². The number of nitrogens with two attached hydrogens (primary N) is 1. The summed E-state index contributed by atoms with van der Waals surface area (Å²) in [7, 11) is 0. The summed E-state index contributed by atoms with van der Waals surface area (Å²) in [6, 6.07) is 8.15. The maximum Gasteiger partial charge on any atom is 0.191 e. The summed E-state index contributed by atoms with van der Waals surface area (Å²) in [5.74, 6) is 2.36. The zero-order valence-electron chi connectivity index (χ0n) is 13.6. The van der Waals surface area contributed by atoms with Crippen LogP contribution in [0.4, 0.5) is 0 Å². The molecule has 0 saturated carbocycles. The summed E-state index contributed by atoms with van der Waals surface area (Å²) in [6.45, 7) is 7.75. The predicted molar refractivity (Wildman–Crippen MR) is 103 cm³/mol. The van der Waals surface area contributed by atoms with Crippen molar-refractivity contribution in [1.82, 2.24) is 4.90 Å². The first-order chi connectivity index (χ1) is 10.2. The third-order valence-corrected chi connectivity index (χ3v) is 3.91. The molecule has 1 aliphatic rings. The van der Waals surface area contributed by atoms with Crippen molar-refractivity contribution in [3.05, 3.63) is 29.8 Å². The molecule has 2 rings (SSSR count). The van der Waals surface area contributed by atoms with Crippen molar-refractivity contribution < 1.29 is 4.74 Å². The molecule has 0 aliphatic carbocycles. The van der Waals surface area contributed by atoms with Gasteiger partial charge in [0.1, 0.15) is 5.75 Å². The first-order valence-electron chi connectivity index (χ1n) is 7.96. The third-order valence-electron chi connectivity index (χ3n) is 3.91. The van der Waals surface area contributed by atoms with Gasteiger partial charge in [0.2, 0.25) is 0 Å². The third kappa shape index (κ3) is 5.66. The van der Waals surface area contributed by atoms with E-state index in [1.807, 2.05) is 25.1 Å². The molecule has 5 heteroatoms. The highest BCUT2D eigenvalue weighted by molar-refractivity contribution is 14.0. The number of para-hydroxylation sites is 1. The van der Waals surface area contributed by atoms with Crippen molar-refractivity contribution in [2.75, 3.05) is 26.2 Å². The van der Waals surface area contributed by atoms with E-state index in [9.17, 15) is 0 Å². The Morgan fingerprint density at radius 3 is 2.91 bits per heavy atom. The van der Waals surface area contributed by atoms with Gasteiger partial charge in [0, 0.05) is 19.6 Å². The lowest BCUT2D eigenvalue weighted by Gasteiger charge is -2.31. The van der Waals surface area contributed by atoms with Crippen LogP contribution in [0.2, 0.25) is 0 Å². The summed E-state index contributed by atoms with van der Waals surface area (Å²) >= 11 is 0. The highest BCUT2D eigenvalue weighted by Gasteiger charge is 2.17. The van der Waals surface area contributed by atoms with Gasteiger partial charge in [-0.1, -0.05) is 25.1 Å². The summed E-state index contributed by atoms with van der Waals surface area (Å²) in [5.41, 5.74) is 7.31. The van der Waals surface area contributed by atoms with Gasteiger partial charge < -0.3 is 15.4 Å². The largest absolute Gasteiger partial charge is 0.494 e. The molecule has 1 fully saturated rings. The van der Waals surface area contributed by atoms with Crippen LogP contribution in [-0.2, 0) is 6.42 Å². The van der Waals surface area contributed by atoms with Crippen LogP contribution in [0, 0.1) is 5.92 Å². The van der Waals surface area contributed by atoms with Gasteiger partial charge in [-0.25, -0.2) is 0 Å². The molecule has 1 aromatic rings. The molecule has 1 heterocycles. The average Bonchev–Trinajstić information content (AvgIpc) is 2.49. The Labute approximate surface area is 151 Å². The zero-order chi connectivity index (χ0) is 15.1. The summed E-state index contributed by atoms with van der Waals surface area (Å²) in [4.78, 5) is 6.75. The molecule has 22 heavy (non-hydrogen) atoms. The van der Waals surface area contributed by atoms with Crippen molar-refractivity contribution >= 4 is 29.9 Å². The lowest BCUT2D eigenvalue weighted by molar-refractivity contribution is 0.270. The zero-order valence-corrected chi connectivity index (χ0v) is 16.0.